The molecule has 8 heteroatoms. The van der Waals surface area contributed by atoms with E-state index < -0.39 is 0 Å². The predicted molar refractivity (Wildman–Crippen MR) is 103 cm³/mol. The number of carbonyl (C=O) groups excluding carboxylic acids is 2. The van der Waals surface area contributed by atoms with Gasteiger partial charge in [-0.25, -0.2) is 4.79 Å². The largest absolute Gasteiger partial charge is 0.350 e. The number of hydrogen-bond acceptors (Lipinski definition) is 4. The lowest BCUT2D eigenvalue weighted by Crippen LogP contribution is -2.50. The molecule has 0 aromatic carbocycles. The van der Waals surface area contributed by atoms with Crippen LogP contribution in [0.1, 0.15) is 38.1 Å². The molecule has 150 valence electrons. The first-order chi connectivity index (χ1) is 12.8. The lowest BCUT2D eigenvalue weighted by atomic mass is 9.81. The van der Waals surface area contributed by atoms with E-state index in [2.05, 4.69) is 29.2 Å². The maximum atomic E-state index is 12.8. The van der Waals surface area contributed by atoms with Gasteiger partial charge in [-0.15, -0.1) is 0 Å². The summed E-state index contributed by atoms with van der Waals surface area (Å²) in [6.07, 6.45) is 1.99. The van der Waals surface area contributed by atoms with Crippen molar-refractivity contribution in [1.82, 2.24) is 29.8 Å². The van der Waals surface area contributed by atoms with E-state index in [9.17, 15) is 9.59 Å². The molecule has 0 radical (unpaired) electrons. The Labute approximate surface area is 161 Å². The molecule has 1 fully saturated rings. The number of urea groups is 1. The van der Waals surface area contributed by atoms with Crippen molar-refractivity contribution in [2.24, 2.45) is 5.41 Å². The van der Waals surface area contributed by atoms with Crippen LogP contribution in [0.2, 0.25) is 0 Å². The van der Waals surface area contributed by atoms with Crippen molar-refractivity contribution < 1.29 is 9.59 Å². The monoisotopic (exact) mass is 376 g/mol. The topological polar surface area (TPSA) is 73.7 Å². The second kappa shape index (κ2) is 7.88. The molecule has 3 heterocycles. The third-order valence-electron chi connectivity index (χ3n) is 5.70. The summed E-state index contributed by atoms with van der Waals surface area (Å²) >= 11 is 0. The molecule has 0 saturated carbocycles. The first-order valence-corrected chi connectivity index (χ1v) is 9.85. The summed E-state index contributed by atoms with van der Waals surface area (Å²) in [5.74, 6) is 0.107. The highest BCUT2D eigenvalue weighted by atomic mass is 16.2. The molecule has 2 aliphatic rings. The van der Waals surface area contributed by atoms with Crippen LogP contribution in [0.25, 0.3) is 0 Å². The van der Waals surface area contributed by atoms with Crippen molar-refractivity contribution in [2.75, 3.05) is 40.3 Å². The number of hydrogen-bond donors (Lipinski definition) is 1. The van der Waals surface area contributed by atoms with E-state index in [0.29, 0.717) is 26.2 Å². The summed E-state index contributed by atoms with van der Waals surface area (Å²) in [7, 11) is 3.53. The van der Waals surface area contributed by atoms with Crippen LogP contribution in [0.5, 0.6) is 0 Å². The third kappa shape index (κ3) is 4.26. The zero-order valence-electron chi connectivity index (χ0n) is 17.0. The van der Waals surface area contributed by atoms with Crippen molar-refractivity contribution in [1.29, 1.82) is 0 Å². The van der Waals surface area contributed by atoms with Gasteiger partial charge in [0.2, 0.25) is 5.91 Å². The fourth-order valence-corrected chi connectivity index (χ4v) is 4.04. The Morgan fingerprint density at radius 3 is 2.78 bits per heavy atom. The SMILES string of the molecule is CCN1CCCC(C)(C(=O)NCc2cc3n(n2)CCN(C(=O)N(C)C)C3)C1. The van der Waals surface area contributed by atoms with Gasteiger partial charge in [-0.3, -0.25) is 9.48 Å². The van der Waals surface area contributed by atoms with Gasteiger partial charge in [0.05, 0.1) is 36.4 Å². The Morgan fingerprint density at radius 2 is 2.07 bits per heavy atom. The van der Waals surface area contributed by atoms with Crippen molar-refractivity contribution >= 4 is 11.9 Å². The van der Waals surface area contributed by atoms with Gasteiger partial charge in [-0.1, -0.05) is 6.92 Å². The van der Waals surface area contributed by atoms with Crippen molar-refractivity contribution in [2.45, 2.75) is 46.3 Å². The van der Waals surface area contributed by atoms with Gasteiger partial charge in [-0.05, 0) is 38.9 Å². The van der Waals surface area contributed by atoms with Crippen LogP contribution in [0.3, 0.4) is 0 Å². The molecule has 0 aliphatic carbocycles. The molecule has 0 spiro atoms. The minimum absolute atomic E-state index is 0.0167. The molecule has 1 N–H and O–H groups in total. The van der Waals surface area contributed by atoms with Gasteiger partial charge in [0.25, 0.3) is 0 Å². The van der Waals surface area contributed by atoms with E-state index >= 15 is 0 Å². The van der Waals surface area contributed by atoms with Crippen LogP contribution >= 0.6 is 0 Å². The van der Waals surface area contributed by atoms with Crippen LogP contribution in [0.15, 0.2) is 6.07 Å². The quantitative estimate of drug-likeness (QED) is 0.855. The first-order valence-electron chi connectivity index (χ1n) is 9.85. The maximum absolute atomic E-state index is 12.8. The van der Waals surface area contributed by atoms with Crippen LogP contribution in [-0.2, 0) is 24.4 Å². The standard InChI is InChI=1S/C19H32N6O2/c1-5-23-8-6-7-19(2,14-23)17(26)20-12-15-11-16-13-24(18(27)22(3)4)9-10-25(16)21-15/h11H,5-10,12-14H2,1-4H3,(H,20,26). The van der Waals surface area contributed by atoms with Gasteiger partial charge in [-0.2, -0.15) is 5.10 Å². The summed E-state index contributed by atoms with van der Waals surface area (Å²) in [4.78, 5) is 30.7. The van der Waals surface area contributed by atoms with Crippen LogP contribution in [0, 0.1) is 5.41 Å². The molecule has 1 atom stereocenters. The molecular weight excluding hydrogens is 344 g/mol. The van der Waals surface area contributed by atoms with Crippen LogP contribution < -0.4 is 5.32 Å². The van der Waals surface area contributed by atoms with E-state index in [1.165, 1.54) is 0 Å². The number of rotatable bonds is 4. The summed E-state index contributed by atoms with van der Waals surface area (Å²) in [6, 6.07) is 2.01. The molecule has 1 aromatic rings. The normalized spacial score (nSPS) is 23.0. The van der Waals surface area contributed by atoms with E-state index in [-0.39, 0.29) is 17.4 Å². The molecule has 1 unspecified atom stereocenters. The molecule has 27 heavy (non-hydrogen) atoms. The molecule has 8 nitrogen and oxygen atoms in total. The summed E-state index contributed by atoms with van der Waals surface area (Å²) in [6.45, 7) is 9.42. The number of amides is 3. The number of nitrogens with zero attached hydrogens (tertiary/aromatic N) is 5. The number of likely N-dealkylation sites (tertiary alicyclic amines) is 1. The molecule has 3 amide bonds. The minimum Gasteiger partial charge on any atom is -0.350 e. The third-order valence-corrected chi connectivity index (χ3v) is 5.70. The van der Waals surface area contributed by atoms with E-state index in [0.717, 1.165) is 43.9 Å². The van der Waals surface area contributed by atoms with Gasteiger partial charge in [0.1, 0.15) is 0 Å². The zero-order valence-corrected chi connectivity index (χ0v) is 17.0. The maximum Gasteiger partial charge on any atom is 0.319 e. The lowest BCUT2D eigenvalue weighted by molar-refractivity contribution is -0.133. The fraction of sp³-hybridized carbons (Fsp3) is 0.737. The summed E-state index contributed by atoms with van der Waals surface area (Å²) in [5.41, 5.74) is 1.54. The highest BCUT2D eigenvalue weighted by Gasteiger charge is 2.37. The Kier molecular flexibility index (Phi) is 5.74. The van der Waals surface area contributed by atoms with Crippen molar-refractivity contribution in [3.8, 4) is 0 Å². The van der Waals surface area contributed by atoms with E-state index in [1.807, 2.05) is 15.6 Å². The Hall–Kier alpha value is -2.09. The van der Waals surface area contributed by atoms with Crippen LogP contribution in [0.4, 0.5) is 4.79 Å². The number of nitrogens with one attached hydrogen (secondary N) is 1. The Balaban J connectivity index is 1.58. The Bertz CT molecular complexity index is 700. The first kappa shape index (κ1) is 19.7. The highest BCUT2D eigenvalue weighted by Crippen LogP contribution is 2.29. The van der Waals surface area contributed by atoms with Gasteiger partial charge in [0, 0.05) is 27.2 Å². The molecular formula is C19H32N6O2. The molecule has 2 aliphatic heterocycles. The molecule has 3 rings (SSSR count). The molecule has 1 aromatic heterocycles. The zero-order chi connectivity index (χ0) is 19.6. The summed E-state index contributed by atoms with van der Waals surface area (Å²) < 4.78 is 1.95. The highest BCUT2D eigenvalue weighted by molar-refractivity contribution is 5.82. The minimum atomic E-state index is -0.331. The predicted octanol–water partition coefficient (Wildman–Crippen LogP) is 1.12. The Morgan fingerprint density at radius 1 is 1.30 bits per heavy atom. The number of fused-ring (bicyclic) bond motifs is 1. The average molecular weight is 377 g/mol. The van der Waals surface area contributed by atoms with Crippen molar-refractivity contribution in [3.63, 3.8) is 0 Å². The summed E-state index contributed by atoms with van der Waals surface area (Å²) in [5, 5.41) is 7.69. The number of aromatic nitrogens is 2. The van der Waals surface area contributed by atoms with Crippen LogP contribution in [-0.4, -0.2) is 76.7 Å². The second-order valence-electron chi connectivity index (χ2n) is 8.16. The fourth-order valence-electron chi connectivity index (χ4n) is 4.04. The van der Waals surface area contributed by atoms with Crippen molar-refractivity contribution in [3.05, 3.63) is 17.5 Å². The molecule has 1 saturated heterocycles. The van der Waals surface area contributed by atoms with E-state index in [1.54, 1.807) is 19.0 Å². The van der Waals surface area contributed by atoms with Gasteiger partial charge < -0.3 is 20.0 Å². The second-order valence-corrected chi connectivity index (χ2v) is 8.16. The van der Waals surface area contributed by atoms with E-state index in [4.69, 9.17) is 0 Å². The molecule has 0 bridgehead atoms. The average Bonchev–Trinajstić information content (AvgIpc) is 3.07. The smallest absolute Gasteiger partial charge is 0.319 e. The number of carbonyl (C=O) groups is 2. The van der Waals surface area contributed by atoms with Gasteiger partial charge >= 0.3 is 6.03 Å². The number of piperidine rings is 1. The lowest BCUT2D eigenvalue weighted by Gasteiger charge is -2.38. The van der Waals surface area contributed by atoms with Gasteiger partial charge in [0.15, 0.2) is 0 Å².